The Morgan fingerprint density at radius 3 is 1.95 bits per heavy atom. The Hall–Kier alpha value is -2.02. The number of rotatable bonds is 10. The van der Waals surface area contributed by atoms with Gasteiger partial charge in [-0.25, -0.2) is 0 Å². The van der Waals surface area contributed by atoms with Gasteiger partial charge in [0.2, 0.25) is 0 Å². The van der Waals surface area contributed by atoms with Crippen molar-refractivity contribution in [2.75, 3.05) is 26.6 Å². The molecule has 0 saturated carbocycles. The monoisotopic (exact) mass is 546 g/mol. The highest BCUT2D eigenvalue weighted by atomic mass is 32.2. The van der Waals surface area contributed by atoms with Gasteiger partial charge in [-0.3, -0.25) is 8.98 Å². The van der Waals surface area contributed by atoms with E-state index in [2.05, 4.69) is 20.8 Å². The van der Waals surface area contributed by atoms with Crippen molar-refractivity contribution >= 4 is 42.6 Å². The number of esters is 1. The zero-order chi connectivity index (χ0) is 27.5. The van der Waals surface area contributed by atoms with Gasteiger partial charge in [0.1, 0.15) is 32.3 Å². The molecule has 200 valence electrons. The number of hydrogen-bond acceptors (Lipinski definition) is 8. The Balaban J connectivity index is 2.14. The van der Waals surface area contributed by atoms with Gasteiger partial charge in [0.15, 0.2) is 0 Å². The Kier molecular flexibility index (Phi) is 9.09. The third-order valence-electron chi connectivity index (χ3n) is 6.53. The first-order valence-corrected chi connectivity index (χ1v) is 15.7. The van der Waals surface area contributed by atoms with Gasteiger partial charge in [-0.05, 0) is 15.4 Å². The maximum absolute atomic E-state index is 12.0. The Bertz CT molecular complexity index is 1120. The Morgan fingerprint density at radius 2 is 1.54 bits per heavy atom. The van der Waals surface area contributed by atoms with E-state index in [0.717, 1.165) is 16.6 Å². The molecular weight excluding hydrogens is 511 g/mol. The van der Waals surface area contributed by atoms with Gasteiger partial charge in [-0.1, -0.05) is 81.4 Å². The van der Waals surface area contributed by atoms with Crippen molar-refractivity contribution < 1.29 is 36.0 Å². The highest BCUT2D eigenvalue weighted by Crippen LogP contribution is 2.40. The summed E-state index contributed by atoms with van der Waals surface area (Å²) in [5.74, 6) is -0.571. The third kappa shape index (κ3) is 6.35. The lowest BCUT2D eigenvalue weighted by Crippen LogP contribution is -2.68. The molecule has 0 bridgehead atoms. The molecule has 4 atom stereocenters. The molecule has 1 heterocycles. The molecule has 0 spiro atoms. The van der Waals surface area contributed by atoms with Crippen LogP contribution in [0.1, 0.15) is 27.7 Å². The molecule has 1 aliphatic heterocycles. The molecule has 37 heavy (non-hydrogen) atoms. The largest absolute Gasteiger partial charge is 0.458 e. The number of carbonyl (C=O) groups excluding carboxylic acids is 1. The first kappa shape index (κ1) is 29.5. The molecule has 11 heteroatoms. The second-order valence-electron chi connectivity index (χ2n) is 10.3. The fourth-order valence-corrected chi connectivity index (χ4v) is 10.0. The zero-order valence-electron chi connectivity index (χ0n) is 22.2. The van der Waals surface area contributed by atoms with Crippen molar-refractivity contribution in [3.8, 4) is 0 Å². The van der Waals surface area contributed by atoms with E-state index in [-0.39, 0.29) is 11.6 Å². The smallest absolute Gasteiger partial charge is 0.303 e. The van der Waals surface area contributed by atoms with Crippen LogP contribution in [-0.4, -0.2) is 80.9 Å². The summed E-state index contributed by atoms with van der Waals surface area (Å²) < 4.78 is 53.5. The first-order valence-electron chi connectivity index (χ1n) is 12.0. The van der Waals surface area contributed by atoms with Gasteiger partial charge >= 0.3 is 5.97 Å². The number of ether oxygens (including phenoxy) is 3. The maximum atomic E-state index is 12.0. The summed E-state index contributed by atoms with van der Waals surface area (Å²) in [6.45, 7) is 7.06. The molecule has 0 N–H and O–H groups in total. The van der Waals surface area contributed by atoms with Gasteiger partial charge in [0.05, 0.1) is 18.9 Å². The second kappa shape index (κ2) is 11.4. The molecule has 2 radical (unpaired) electrons. The van der Waals surface area contributed by atoms with Crippen LogP contribution >= 0.6 is 0 Å². The van der Waals surface area contributed by atoms with Crippen molar-refractivity contribution in [1.82, 2.24) is 0 Å². The van der Waals surface area contributed by atoms with E-state index in [1.165, 1.54) is 14.0 Å². The van der Waals surface area contributed by atoms with Crippen molar-refractivity contribution in [3.05, 3.63) is 60.7 Å². The molecule has 1 fully saturated rings. The van der Waals surface area contributed by atoms with E-state index in [4.69, 9.17) is 30.7 Å². The molecule has 3 rings (SSSR count). The summed E-state index contributed by atoms with van der Waals surface area (Å²) in [7, 11) is 0.744. The summed E-state index contributed by atoms with van der Waals surface area (Å²) >= 11 is 0. The maximum Gasteiger partial charge on any atom is 0.303 e. The normalized spacial score (nSPS) is 24.6. The minimum Gasteiger partial charge on any atom is -0.458 e. The van der Waals surface area contributed by atoms with E-state index >= 15 is 0 Å². The molecular formula is C26H35BO8SSi. The van der Waals surface area contributed by atoms with Gasteiger partial charge in [-0.2, -0.15) is 8.42 Å². The lowest BCUT2D eigenvalue weighted by Gasteiger charge is -2.45. The summed E-state index contributed by atoms with van der Waals surface area (Å²) in [6, 6.07) is 18.8. The van der Waals surface area contributed by atoms with Crippen LogP contribution in [0.4, 0.5) is 0 Å². The molecule has 2 aromatic carbocycles. The summed E-state index contributed by atoms with van der Waals surface area (Å²) in [5.41, 5.74) is -1.48. The highest BCUT2D eigenvalue weighted by molar-refractivity contribution is 7.85. The second-order valence-corrected chi connectivity index (χ2v) is 16.2. The van der Waals surface area contributed by atoms with Crippen LogP contribution in [0, 0.1) is 0 Å². The lowest BCUT2D eigenvalue weighted by molar-refractivity contribution is -0.155. The van der Waals surface area contributed by atoms with Gasteiger partial charge < -0.3 is 18.6 Å². The SMILES string of the molecule is [B][C@@H]1O[C@@](CO[Si](c2ccccc2)(c2ccccc2)C(C)(C)C)(COS(C)(=O)=O)[C@@H](OC)[C@H]1OC(C)=O. The molecule has 1 aliphatic rings. The standard InChI is InChI=1S/C26H35BO8SSi/c1-19(28)34-22-23(31-5)26(35-24(22)27,17-32-36(6,29)30)18-33-37(25(2,3)4,20-13-9-7-10-14-20)21-15-11-8-12-16-21/h7-16,22-24H,17-18H2,1-6H3/t22-,23+,24-,26-/m1/s1. The zero-order valence-corrected chi connectivity index (χ0v) is 24.0. The van der Waals surface area contributed by atoms with E-state index < -0.39 is 54.8 Å². The predicted octanol–water partition coefficient (Wildman–Crippen LogP) is 1.75. The highest BCUT2D eigenvalue weighted by Gasteiger charge is 2.59. The predicted molar refractivity (Wildman–Crippen MR) is 144 cm³/mol. The third-order valence-corrected chi connectivity index (χ3v) is 12.1. The lowest BCUT2D eigenvalue weighted by atomic mass is 9.89. The van der Waals surface area contributed by atoms with Crippen LogP contribution in [0.2, 0.25) is 5.04 Å². The molecule has 0 aliphatic carbocycles. The average Bonchev–Trinajstić information content (AvgIpc) is 3.08. The summed E-state index contributed by atoms with van der Waals surface area (Å²) in [6.07, 6.45) is -0.996. The van der Waals surface area contributed by atoms with Gasteiger partial charge in [-0.15, -0.1) is 0 Å². The quantitative estimate of drug-likeness (QED) is 0.253. The molecule has 0 amide bonds. The van der Waals surface area contributed by atoms with E-state index in [1.54, 1.807) is 0 Å². The van der Waals surface area contributed by atoms with Crippen LogP contribution in [0.15, 0.2) is 60.7 Å². The van der Waals surface area contributed by atoms with Crippen LogP contribution in [0.25, 0.3) is 0 Å². The minimum absolute atomic E-state index is 0.125. The summed E-state index contributed by atoms with van der Waals surface area (Å²) in [5, 5.41) is 1.70. The van der Waals surface area contributed by atoms with Gasteiger partial charge in [0, 0.05) is 14.0 Å². The van der Waals surface area contributed by atoms with Crippen molar-refractivity contribution in [2.45, 2.75) is 56.5 Å². The molecule has 2 aromatic rings. The average molecular weight is 547 g/mol. The minimum atomic E-state index is -3.85. The number of benzene rings is 2. The number of methoxy groups -OCH3 is 1. The van der Waals surface area contributed by atoms with Crippen LogP contribution in [0.5, 0.6) is 0 Å². The molecule has 1 saturated heterocycles. The topological polar surface area (TPSA) is 97.4 Å². The first-order chi connectivity index (χ1) is 17.3. The van der Waals surface area contributed by atoms with Crippen molar-refractivity contribution in [3.63, 3.8) is 0 Å². The molecule has 0 aromatic heterocycles. The van der Waals surface area contributed by atoms with Crippen LogP contribution in [0.3, 0.4) is 0 Å². The number of hydrogen-bond donors (Lipinski definition) is 0. The Labute approximate surface area is 222 Å². The Morgan fingerprint density at radius 1 is 1.03 bits per heavy atom. The molecule has 0 unspecified atom stereocenters. The van der Waals surface area contributed by atoms with Gasteiger partial charge in [0.25, 0.3) is 18.4 Å². The van der Waals surface area contributed by atoms with Crippen molar-refractivity contribution in [1.29, 1.82) is 0 Å². The van der Waals surface area contributed by atoms with E-state index in [1.807, 2.05) is 60.7 Å². The van der Waals surface area contributed by atoms with E-state index in [9.17, 15) is 13.2 Å². The van der Waals surface area contributed by atoms with Crippen molar-refractivity contribution in [2.24, 2.45) is 0 Å². The molecule has 8 nitrogen and oxygen atoms in total. The summed E-state index contributed by atoms with van der Waals surface area (Å²) in [4.78, 5) is 11.8. The van der Waals surface area contributed by atoms with E-state index in [0.29, 0.717) is 0 Å². The fourth-order valence-electron chi connectivity index (χ4n) is 5.02. The number of carbonyl (C=O) groups is 1. The van der Waals surface area contributed by atoms with Crippen LogP contribution < -0.4 is 10.4 Å². The van der Waals surface area contributed by atoms with Crippen LogP contribution in [-0.2, 0) is 37.7 Å². The fraction of sp³-hybridized carbons (Fsp3) is 0.500.